The minimum absolute atomic E-state index is 0.0301. The van der Waals surface area contributed by atoms with Gasteiger partial charge in [-0.15, -0.1) is 0 Å². The molecule has 0 spiro atoms. The van der Waals surface area contributed by atoms with E-state index in [1.807, 2.05) is 0 Å². The number of hydrogen-bond donors (Lipinski definition) is 2. The van der Waals surface area contributed by atoms with Gasteiger partial charge in [0.25, 0.3) is 0 Å². The van der Waals surface area contributed by atoms with Gasteiger partial charge in [0.1, 0.15) is 6.61 Å². The van der Waals surface area contributed by atoms with E-state index in [9.17, 15) is 18.0 Å². The van der Waals surface area contributed by atoms with Gasteiger partial charge in [0.05, 0.1) is 6.61 Å². The van der Waals surface area contributed by atoms with Crippen LogP contribution < -0.4 is 5.73 Å². The molecule has 0 amide bonds. The average molecular weight is 290 g/mol. The number of benzene rings is 1. The third-order valence-electron chi connectivity index (χ3n) is 2.57. The van der Waals surface area contributed by atoms with Crippen LogP contribution in [0.4, 0.5) is 13.2 Å². The normalized spacial score (nSPS) is 14.6. The summed E-state index contributed by atoms with van der Waals surface area (Å²) >= 11 is 0. The molecule has 0 heterocycles. The first-order valence-electron chi connectivity index (χ1n) is 5.43. The minimum Gasteiger partial charge on any atom is -0.480 e. The van der Waals surface area contributed by atoms with Gasteiger partial charge in [0.2, 0.25) is 5.66 Å². The molecule has 1 aromatic rings. The zero-order chi connectivity index (χ0) is 15.4. The Hall–Kier alpha value is -1.93. The van der Waals surface area contributed by atoms with Crippen LogP contribution in [0.25, 0.3) is 0 Å². The Labute approximate surface area is 112 Å². The smallest absolute Gasteiger partial charge is 0.431 e. The summed E-state index contributed by atoms with van der Waals surface area (Å²) in [5.74, 6) is -1.13. The van der Waals surface area contributed by atoms with Crippen LogP contribution in [-0.2, 0) is 21.8 Å². The van der Waals surface area contributed by atoms with Crippen molar-refractivity contribution in [2.75, 3.05) is 6.61 Å². The summed E-state index contributed by atoms with van der Waals surface area (Å²) in [6, 6.07) is 5.02. The number of ether oxygens (including phenoxy) is 1. The molecule has 1 atom stereocenters. The van der Waals surface area contributed by atoms with E-state index >= 15 is 0 Å². The molecule has 20 heavy (non-hydrogen) atoms. The SMILES string of the molecule is C=NC(N)(c1ccc(COCC(=O)O)cc1)C(F)(F)F. The van der Waals surface area contributed by atoms with Gasteiger partial charge in [-0.2, -0.15) is 13.2 Å². The van der Waals surface area contributed by atoms with Gasteiger partial charge in [0, 0.05) is 5.56 Å². The highest BCUT2D eigenvalue weighted by Gasteiger charge is 2.53. The second kappa shape index (κ2) is 6.02. The standard InChI is InChI=1S/C12H13F3N2O3/c1-17-11(16,12(13,14)15)9-4-2-8(3-5-9)6-20-7-10(18)19/h2-5H,1,6-7,16H2,(H,18,19). The van der Waals surface area contributed by atoms with E-state index in [1.165, 1.54) is 12.1 Å². The molecular formula is C12H13F3N2O3. The number of halogens is 3. The number of carbonyl (C=O) groups is 1. The molecule has 0 fully saturated rings. The predicted molar refractivity (Wildman–Crippen MR) is 65.2 cm³/mol. The summed E-state index contributed by atoms with van der Waals surface area (Å²) in [7, 11) is 0. The molecule has 0 aromatic heterocycles. The monoisotopic (exact) mass is 290 g/mol. The molecule has 1 rings (SSSR count). The summed E-state index contributed by atoms with van der Waals surface area (Å²) < 4.78 is 43.3. The van der Waals surface area contributed by atoms with Crippen LogP contribution in [0.3, 0.4) is 0 Å². The summed E-state index contributed by atoms with van der Waals surface area (Å²) in [5.41, 5.74) is 2.61. The zero-order valence-electron chi connectivity index (χ0n) is 10.4. The Morgan fingerprint density at radius 3 is 2.30 bits per heavy atom. The number of carboxylic acids is 1. The first-order valence-corrected chi connectivity index (χ1v) is 5.43. The van der Waals surface area contributed by atoms with Crippen molar-refractivity contribution in [1.29, 1.82) is 0 Å². The summed E-state index contributed by atoms with van der Waals surface area (Å²) in [6.07, 6.45) is -4.77. The van der Waals surface area contributed by atoms with Crippen LogP contribution in [0, 0.1) is 0 Å². The third-order valence-corrected chi connectivity index (χ3v) is 2.57. The summed E-state index contributed by atoms with van der Waals surface area (Å²) in [6.45, 7) is 2.37. The molecule has 0 radical (unpaired) electrons. The lowest BCUT2D eigenvalue weighted by molar-refractivity contribution is -0.186. The number of nitrogens with two attached hydrogens (primary N) is 1. The molecule has 1 unspecified atom stereocenters. The molecule has 5 nitrogen and oxygen atoms in total. The van der Waals surface area contributed by atoms with E-state index in [0.717, 1.165) is 12.1 Å². The highest BCUT2D eigenvalue weighted by molar-refractivity contribution is 5.67. The quantitative estimate of drug-likeness (QED) is 0.780. The van der Waals surface area contributed by atoms with E-state index in [0.29, 0.717) is 5.56 Å². The zero-order valence-corrected chi connectivity index (χ0v) is 10.4. The number of hydrogen-bond acceptors (Lipinski definition) is 4. The van der Waals surface area contributed by atoms with Crippen LogP contribution >= 0.6 is 0 Å². The minimum atomic E-state index is -4.77. The lowest BCUT2D eigenvalue weighted by atomic mass is 9.99. The molecule has 1 aromatic carbocycles. The maximum absolute atomic E-state index is 12.8. The fraction of sp³-hybridized carbons (Fsp3) is 0.333. The highest BCUT2D eigenvalue weighted by atomic mass is 19.4. The van der Waals surface area contributed by atoms with Crippen molar-refractivity contribution >= 4 is 12.7 Å². The number of alkyl halides is 3. The molecule has 0 saturated carbocycles. The topological polar surface area (TPSA) is 84.9 Å². The molecule has 0 aliphatic carbocycles. The Morgan fingerprint density at radius 1 is 1.35 bits per heavy atom. The van der Waals surface area contributed by atoms with Crippen molar-refractivity contribution in [2.24, 2.45) is 10.7 Å². The van der Waals surface area contributed by atoms with E-state index < -0.39 is 24.4 Å². The number of aliphatic imine (C=N–C) groups is 1. The number of rotatable bonds is 6. The van der Waals surface area contributed by atoms with Gasteiger partial charge in [-0.25, -0.2) is 4.79 Å². The van der Waals surface area contributed by atoms with Crippen LogP contribution in [0.1, 0.15) is 11.1 Å². The molecule has 0 aliphatic rings. The van der Waals surface area contributed by atoms with Gasteiger partial charge >= 0.3 is 12.1 Å². The first-order chi connectivity index (χ1) is 9.20. The van der Waals surface area contributed by atoms with Crippen LogP contribution in [0.15, 0.2) is 29.3 Å². The number of nitrogens with zero attached hydrogens (tertiary/aromatic N) is 1. The summed E-state index contributed by atoms with van der Waals surface area (Å²) in [5, 5.41) is 8.38. The predicted octanol–water partition coefficient (Wildman–Crippen LogP) is 1.66. The maximum atomic E-state index is 12.8. The summed E-state index contributed by atoms with van der Waals surface area (Å²) in [4.78, 5) is 13.2. The Morgan fingerprint density at radius 2 is 1.90 bits per heavy atom. The molecule has 0 saturated heterocycles. The van der Waals surface area contributed by atoms with Crippen molar-refractivity contribution in [1.82, 2.24) is 0 Å². The lowest BCUT2D eigenvalue weighted by Gasteiger charge is -2.27. The van der Waals surface area contributed by atoms with Crippen molar-refractivity contribution in [2.45, 2.75) is 18.4 Å². The van der Waals surface area contributed by atoms with Crippen molar-refractivity contribution in [3.8, 4) is 0 Å². The van der Waals surface area contributed by atoms with Gasteiger partial charge in [0.15, 0.2) is 0 Å². The maximum Gasteiger partial charge on any atom is 0.431 e. The molecular weight excluding hydrogens is 277 g/mol. The van der Waals surface area contributed by atoms with Gasteiger partial charge in [-0.3, -0.25) is 10.7 Å². The second-order valence-corrected chi connectivity index (χ2v) is 4.01. The largest absolute Gasteiger partial charge is 0.480 e. The Kier molecular flexibility index (Phi) is 4.85. The third kappa shape index (κ3) is 3.55. The van der Waals surface area contributed by atoms with Gasteiger partial charge < -0.3 is 9.84 Å². The van der Waals surface area contributed by atoms with Crippen molar-refractivity contribution in [3.05, 3.63) is 35.4 Å². The first kappa shape index (κ1) is 16.1. The molecule has 110 valence electrons. The molecule has 8 heteroatoms. The van der Waals surface area contributed by atoms with Crippen molar-refractivity contribution in [3.63, 3.8) is 0 Å². The van der Waals surface area contributed by atoms with Crippen LogP contribution in [0.5, 0.6) is 0 Å². The second-order valence-electron chi connectivity index (χ2n) is 4.01. The van der Waals surface area contributed by atoms with Crippen LogP contribution in [-0.4, -0.2) is 30.6 Å². The van der Waals surface area contributed by atoms with E-state index in [2.05, 4.69) is 11.7 Å². The van der Waals surface area contributed by atoms with E-state index in [-0.39, 0.29) is 12.2 Å². The fourth-order valence-electron chi connectivity index (χ4n) is 1.46. The number of carboxylic acid groups (broad SMARTS) is 1. The van der Waals surface area contributed by atoms with Gasteiger partial charge in [-0.05, 0) is 12.3 Å². The van der Waals surface area contributed by atoms with Crippen LogP contribution in [0.2, 0.25) is 0 Å². The van der Waals surface area contributed by atoms with Crippen molar-refractivity contribution < 1.29 is 27.8 Å². The Bertz CT molecular complexity index is 488. The molecule has 0 bridgehead atoms. The molecule has 3 N–H and O–H groups in total. The Balaban J connectivity index is 2.85. The number of aliphatic carboxylic acids is 1. The lowest BCUT2D eigenvalue weighted by Crippen LogP contribution is -2.48. The highest BCUT2D eigenvalue weighted by Crippen LogP contribution is 2.37. The molecule has 0 aliphatic heterocycles. The van der Waals surface area contributed by atoms with E-state index in [1.54, 1.807) is 0 Å². The van der Waals surface area contributed by atoms with Gasteiger partial charge in [-0.1, -0.05) is 24.3 Å². The fourth-order valence-corrected chi connectivity index (χ4v) is 1.46. The average Bonchev–Trinajstić information content (AvgIpc) is 2.37. The van der Waals surface area contributed by atoms with E-state index in [4.69, 9.17) is 15.6 Å².